The summed E-state index contributed by atoms with van der Waals surface area (Å²) in [4.78, 5) is 17.7. The van der Waals surface area contributed by atoms with E-state index in [9.17, 15) is 4.79 Å². The number of rotatable bonds is 8. The minimum atomic E-state index is -0.329. The number of hydrogen-bond acceptors (Lipinski definition) is 7. The van der Waals surface area contributed by atoms with Crippen molar-refractivity contribution in [3.8, 4) is 12.3 Å². The lowest BCUT2D eigenvalue weighted by Gasteiger charge is -2.25. The van der Waals surface area contributed by atoms with Crippen molar-refractivity contribution < 1.29 is 0 Å². The van der Waals surface area contributed by atoms with Gasteiger partial charge in [-0.3, -0.25) is 14.8 Å². The molecule has 1 aliphatic heterocycles. The first-order chi connectivity index (χ1) is 20.5. The van der Waals surface area contributed by atoms with Crippen molar-refractivity contribution >= 4 is 44.7 Å². The molecular formula is C34H38ClN7O. The summed E-state index contributed by atoms with van der Waals surface area (Å²) in [6.07, 6.45) is 14.9. The van der Waals surface area contributed by atoms with Gasteiger partial charge in [-0.2, -0.15) is 0 Å². The predicted octanol–water partition coefficient (Wildman–Crippen LogP) is 6.44. The van der Waals surface area contributed by atoms with E-state index in [1.165, 1.54) is 0 Å². The van der Waals surface area contributed by atoms with E-state index in [1.54, 1.807) is 17.8 Å². The van der Waals surface area contributed by atoms with Gasteiger partial charge in [0.25, 0.3) is 5.56 Å². The van der Waals surface area contributed by atoms with Gasteiger partial charge in [0.1, 0.15) is 0 Å². The minimum absolute atomic E-state index is 0.0362. The van der Waals surface area contributed by atoms with Crippen LogP contribution in [0.15, 0.2) is 65.5 Å². The van der Waals surface area contributed by atoms with Gasteiger partial charge in [-0.05, 0) is 59.9 Å². The summed E-state index contributed by atoms with van der Waals surface area (Å²) in [6.45, 7) is 9.46. The molecule has 0 amide bonds. The highest BCUT2D eigenvalue weighted by molar-refractivity contribution is 6.35. The molecule has 222 valence electrons. The Hall–Kier alpha value is -4.19. The van der Waals surface area contributed by atoms with E-state index in [-0.39, 0.29) is 22.6 Å². The van der Waals surface area contributed by atoms with Gasteiger partial charge in [-0.1, -0.05) is 57.3 Å². The number of fused-ring (bicyclic) bond motifs is 2. The maximum atomic E-state index is 13.1. The Morgan fingerprint density at radius 3 is 2.67 bits per heavy atom. The monoisotopic (exact) mass is 595 g/mol. The molecule has 1 atom stereocenters. The second kappa shape index (κ2) is 10.8. The van der Waals surface area contributed by atoms with E-state index in [1.807, 2.05) is 36.5 Å². The van der Waals surface area contributed by atoms with Gasteiger partial charge in [0.2, 0.25) is 0 Å². The highest BCUT2D eigenvalue weighted by Gasteiger charge is 2.47. The number of benzene rings is 2. The molecule has 6 rings (SSSR count). The zero-order valence-electron chi connectivity index (χ0n) is 25.3. The van der Waals surface area contributed by atoms with Crippen LogP contribution >= 0.6 is 11.6 Å². The van der Waals surface area contributed by atoms with Crippen molar-refractivity contribution in [3.05, 3.63) is 87.2 Å². The molecule has 43 heavy (non-hydrogen) atoms. The smallest absolute Gasteiger partial charge is 0.258 e. The number of pyridine rings is 2. The Balaban J connectivity index is 1.49. The van der Waals surface area contributed by atoms with Crippen molar-refractivity contribution in [1.82, 2.24) is 25.5 Å². The summed E-state index contributed by atoms with van der Waals surface area (Å²) in [5, 5.41) is 12.4. The maximum Gasteiger partial charge on any atom is 0.258 e. The van der Waals surface area contributed by atoms with E-state index in [0.29, 0.717) is 21.5 Å². The normalized spacial score (nSPS) is 16.5. The number of aromatic nitrogens is 2. The Bertz CT molecular complexity index is 1860. The molecule has 2 aromatic carbocycles. The zero-order chi connectivity index (χ0) is 30.5. The predicted molar refractivity (Wildman–Crippen MR) is 177 cm³/mol. The van der Waals surface area contributed by atoms with E-state index in [0.717, 1.165) is 59.2 Å². The molecule has 3 heterocycles. The van der Waals surface area contributed by atoms with Gasteiger partial charge >= 0.3 is 0 Å². The quantitative estimate of drug-likeness (QED) is 0.174. The third-order valence-electron chi connectivity index (χ3n) is 8.55. The maximum absolute atomic E-state index is 13.1. The van der Waals surface area contributed by atoms with Crippen LogP contribution in [0.4, 0.5) is 11.4 Å². The average Bonchev–Trinajstić information content (AvgIpc) is 3.63. The molecule has 8 nitrogen and oxygen atoms in total. The number of hydrazine groups is 2. The summed E-state index contributed by atoms with van der Waals surface area (Å²) in [6, 6.07) is 11.5. The Morgan fingerprint density at radius 1 is 1.19 bits per heavy atom. The largest absolute Gasteiger partial charge is 0.383 e. The van der Waals surface area contributed by atoms with Crippen molar-refractivity contribution in [1.29, 1.82) is 0 Å². The standard InChI is InChI=1S/C34H38ClN7O/c1-7-21-18-36-30-26(29(21)37-20-33(3,4)5)16-22(17-27(30)35)38-31(28-19-42(40-39-28)34(8-2)13-14-34)24-10-9-11-25-23(24)12-15-41(6)32(25)43/h1,9-12,15-19,31,38-40H,8,13-14,20H2,2-6H3,(H,36,37)/t31-/m0/s1. The number of aryl methyl sites for hydroxylation is 1. The molecule has 4 aromatic rings. The Kier molecular flexibility index (Phi) is 7.27. The van der Waals surface area contributed by atoms with Gasteiger partial charge < -0.3 is 20.6 Å². The molecule has 0 spiro atoms. The minimum Gasteiger partial charge on any atom is -0.383 e. The first-order valence-electron chi connectivity index (χ1n) is 14.7. The van der Waals surface area contributed by atoms with Gasteiger partial charge in [-0.25, -0.2) is 0 Å². The summed E-state index contributed by atoms with van der Waals surface area (Å²) < 4.78 is 1.61. The molecule has 0 bridgehead atoms. The molecule has 4 N–H and O–H groups in total. The number of nitrogens with one attached hydrogen (secondary N) is 4. The summed E-state index contributed by atoms with van der Waals surface area (Å²) >= 11 is 6.88. The highest BCUT2D eigenvalue weighted by Crippen LogP contribution is 2.45. The molecule has 1 saturated carbocycles. The van der Waals surface area contributed by atoms with Crippen molar-refractivity contribution in [2.24, 2.45) is 12.5 Å². The Morgan fingerprint density at radius 2 is 1.98 bits per heavy atom. The SMILES string of the molecule is C#Cc1cnc2c(Cl)cc(N[C@H](C3=CN(C4(CC)CC4)NN3)c3cccc4c(=O)n(C)ccc34)cc2c1NCC(C)(C)C. The van der Waals surface area contributed by atoms with Crippen LogP contribution in [0.2, 0.25) is 5.02 Å². The third-order valence-corrected chi connectivity index (χ3v) is 8.84. The number of anilines is 2. The lowest BCUT2D eigenvalue weighted by molar-refractivity contribution is 0.171. The molecule has 0 radical (unpaired) electrons. The first-order valence-corrected chi connectivity index (χ1v) is 15.1. The van der Waals surface area contributed by atoms with E-state index in [2.05, 4.69) is 77.5 Å². The number of nitrogens with zero attached hydrogens (tertiary/aromatic N) is 3. The zero-order valence-corrected chi connectivity index (χ0v) is 26.1. The van der Waals surface area contributed by atoms with Crippen LogP contribution in [-0.4, -0.2) is 26.6 Å². The van der Waals surface area contributed by atoms with Crippen LogP contribution in [0.5, 0.6) is 0 Å². The van der Waals surface area contributed by atoms with E-state index >= 15 is 0 Å². The molecule has 0 saturated heterocycles. The van der Waals surface area contributed by atoms with Gasteiger partial charge in [0.05, 0.1) is 39.1 Å². The lowest BCUT2D eigenvalue weighted by atomic mass is 9.96. The molecule has 0 unspecified atom stereocenters. The van der Waals surface area contributed by atoms with E-state index in [4.69, 9.17) is 18.0 Å². The lowest BCUT2D eigenvalue weighted by Crippen LogP contribution is -2.44. The molecular weight excluding hydrogens is 558 g/mol. The number of terminal acetylenes is 1. The first kappa shape index (κ1) is 28.9. The molecule has 1 fully saturated rings. The number of hydrogen-bond donors (Lipinski definition) is 4. The third kappa shape index (κ3) is 5.39. The topological polar surface area (TPSA) is 86.2 Å². The Labute approximate surface area is 257 Å². The van der Waals surface area contributed by atoms with Crippen molar-refractivity contribution in [3.63, 3.8) is 0 Å². The highest BCUT2D eigenvalue weighted by atomic mass is 35.5. The molecule has 2 aromatic heterocycles. The second-order valence-electron chi connectivity index (χ2n) is 12.8. The van der Waals surface area contributed by atoms with Crippen LogP contribution in [0.3, 0.4) is 0 Å². The van der Waals surface area contributed by atoms with Crippen LogP contribution < -0.4 is 27.2 Å². The molecule has 1 aliphatic carbocycles. The van der Waals surface area contributed by atoms with Crippen LogP contribution in [0, 0.1) is 17.8 Å². The fraction of sp³-hybridized carbons (Fsp3) is 0.353. The van der Waals surface area contributed by atoms with Crippen LogP contribution in [0.25, 0.3) is 21.7 Å². The molecule has 2 aliphatic rings. The van der Waals surface area contributed by atoms with Gasteiger partial charge in [0, 0.05) is 48.6 Å². The summed E-state index contributed by atoms with van der Waals surface area (Å²) in [5.74, 6) is 2.78. The van der Waals surface area contributed by atoms with Crippen molar-refractivity contribution in [2.75, 3.05) is 17.2 Å². The van der Waals surface area contributed by atoms with Crippen molar-refractivity contribution in [2.45, 2.75) is 58.5 Å². The number of halogens is 1. The van der Waals surface area contributed by atoms with E-state index < -0.39 is 0 Å². The van der Waals surface area contributed by atoms with Crippen LogP contribution in [-0.2, 0) is 7.05 Å². The average molecular weight is 596 g/mol. The summed E-state index contributed by atoms with van der Waals surface area (Å²) in [7, 11) is 1.77. The second-order valence-corrected chi connectivity index (χ2v) is 13.3. The molecule has 9 heteroatoms. The summed E-state index contributed by atoms with van der Waals surface area (Å²) in [5.41, 5.74) is 11.8. The fourth-order valence-corrected chi connectivity index (χ4v) is 6.05. The fourth-order valence-electron chi connectivity index (χ4n) is 5.78. The van der Waals surface area contributed by atoms with Gasteiger partial charge in [-0.15, -0.1) is 12.0 Å². The van der Waals surface area contributed by atoms with Gasteiger partial charge in [0.15, 0.2) is 0 Å². The van der Waals surface area contributed by atoms with Crippen LogP contribution in [0.1, 0.15) is 64.1 Å².